The van der Waals surface area contributed by atoms with Crippen molar-refractivity contribution in [3.63, 3.8) is 0 Å². The molecule has 0 heterocycles. The largest absolute Gasteiger partial charge is 0.397 e. The monoisotopic (exact) mass is 268 g/mol. The molecule has 2 heteroatoms. The minimum Gasteiger partial charge on any atom is -0.397 e. The molecular formula is C18H24N2. The number of nitrogens with two attached hydrogens (primary N) is 1. The molecule has 0 radical (unpaired) electrons. The van der Waals surface area contributed by atoms with Crippen molar-refractivity contribution in [1.29, 1.82) is 0 Å². The summed E-state index contributed by atoms with van der Waals surface area (Å²) in [5.74, 6) is 0. The standard InChI is InChI=1S/C18H24N2/c1-11-6-7-18(17(19)8-11)20-10-16-14(4)12(2)9-13(3)15(16)5/h6-9,20H,10,19H2,1-5H3. The summed E-state index contributed by atoms with van der Waals surface area (Å²) in [6, 6.07) is 8.40. The van der Waals surface area contributed by atoms with Crippen LogP contribution in [0.15, 0.2) is 24.3 Å². The van der Waals surface area contributed by atoms with Crippen LogP contribution in [0.1, 0.15) is 33.4 Å². The molecule has 0 saturated carbocycles. The smallest absolute Gasteiger partial charge is 0.0576 e. The molecule has 3 N–H and O–H groups in total. The van der Waals surface area contributed by atoms with E-state index >= 15 is 0 Å². The predicted molar refractivity (Wildman–Crippen MR) is 88.3 cm³/mol. The highest BCUT2D eigenvalue weighted by atomic mass is 14.9. The number of nitrogen functional groups attached to an aromatic ring is 1. The average molecular weight is 268 g/mol. The summed E-state index contributed by atoms with van der Waals surface area (Å²) in [5.41, 5.74) is 15.9. The maximum Gasteiger partial charge on any atom is 0.0576 e. The number of hydrogen-bond donors (Lipinski definition) is 2. The molecule has 0 aromatic heterocycles. The summed E-state index contributed by atoms with van der Waals surface area (Å²) in [7, 11) is 0. The van der Waals surface area contributed by atoms with Gasteiger partial charge in [0.1, 0.15) is 0 Å². The molecule has 2 aromatic carbocycles. The van der Waals surface area contributed by atoms with Crippen LogP contribution >= 0.6 is 0 Å². The lowest BCUT2D eigenvalue weighted by molar-refractivity contribution is 1.06. The maximum absolute atomic E-state index is 6.06. The molecule has 0 bridgehead atoms. The molecule has 2 aromatic rings. The van der Waals surface area contributed by atoms with E-state index in [4.69, 9.17) is 5.73 Å². The van der Waals surface area contributed by atoms with Gasteiger partial charge in [-0.3, -0.25) is 0 Å². The first-order chi connectivity index (χ1) is 9.40. The SMILES string of the molecule is Cc1ccc(NCc2c(C)c(C)cc(C)c2C)c(N)c1. The van der Waals surface area contributed by atoms with Crippen LogP contribution in [0.2, 0.25) is 0 Å². The van der Waals surface area contributed by atoms with E-state index in [1.165, 1.54) is 33.4 Å². The van der Waals surface area contributed by atoms with Gasteiger partial charge in [-0.1, -0.05) is 12.1 Å². The molecule has 0 aliphatic rings. The summed E-state index contributed by atoms with van der Waals surface area (Å²) in [6.07, 6.45) is 0. The average Bonchev–Trinajstić information content (AvgIpc) is 2.38. The van der Waals surface area contributed by atoms with E-state index in [1.54, 1.807) is 0 Å². The summed E-state index contributed by atoms with van der Waals surface area (Å²) in [6.45, 7) is 11.6. The van der Waals surface area contributed by atoms with Gasteiger partial charge >= 0.3 is 0 Å². The van der Waals surface area contributed by atoms with Crippen molar-refractivity contribution >= 4 is 11.4 Å². The third-order valence-corrected chi connectivity index (χ3v) is 4.18. The van der Waals surface area contributed by atoms with Crippen LogP contribution < -0.4 is 11.1 Å². The highest BCUT2D eigenvalue weighted by Crippen LogP contribution is 2.25. The highest BCUT2D eigenvalue weighted by molar-refractivity contribution is 5.67. The Labute approximate surface area is 122 Å². The zero-order valence-corrected chi connectivity index (χ0v) is 13.1. The second kappa shape index (κ2) is 5.58. The fourth-order valence-electron chi connectivity index (χ4n) is 2.59. The van der Waals surface area contributed by atoms with Gasteiger partial charge < -0.3 is 11.1 Å². The second-order valence-electron chi connectivity index (χ2n) is 5.68. The van der Waals surface area contributed by atoms with Gasteiger partial charge in [0.25, 0.3) is 0 Å². The van der Waals surface area contributed by atoms with Crippen LogP contribution in [0.25, 0.3) is 0 Å². The van der Waals surface area contributed by atoms with Crippen molar-refractivity contribution in [1.82, 2.24) is 0 Å². The number of rotatable bonds is 3. The number of anilines is 2. The fraction of sp³-hybridized carbons (Fsp3) is 0.333. The quantitative estimate of drug-likeness (QED) is 0.808. The Hall–Kier alpha value is -1.96. The Bertz CT molecular complexity index is 616. The van der Waals surface area contributed by atoms with Crippen molar-refractivity contribution in [2.45, 2.75) is 41.2 Å². The van der Waals surface area contributed by atoms with E-state index in [9.17, 15) is 0 Å². The van der Waals surface area contributed by atoms with Crippen LogP contribution in [0, 0.1) is 34.6 Å². The first-order valence-electron chi connectivity index (χ1n) is 7.06. The van der Waals surface area contributed by atoms with Crippen molar-refractivity contribution in [3.8, 4) is 0 Å². The second-order valence-corrected chi connectivity index (χ2v) is 5.68. The van der Waals surface area contributed by atoms with E-state index in [1.807, 2.05) is 6.07 Å². The zero-order valence-electron chi connectivity index (χ0n) is 13.1. The Morgan fingerprint density at radius 2 is 1.50 bits per heavy atom. The Balaban J connectivity index is 2.27. The van der Waals surface area contributed by atoms with Crippen molar-refractivity contribution in [2.75, 3.05) is 11.1 Å². The Morgan fingerprint density at radius 1 is 0.900 bits per heavy atom. The third-order valence-electron chi connectivity index (χ3n) is 4.18. The minimum atomic E-state index is 0.810. The highest BCUT2D eigenvalue weighted by Gasteiger charge is 2.08. The fourth-order valence-corrected chi connectivity index (χ4v) is 2.59. The van der Waals surface area contributed by atoms with E-state index in [0.717, 1.165) is 17.9 Å². The van der Waals surface area contributed by atoms with Crippen molar-refractivity contribution < 1.29 is 0 Å². The van der Waals surface area contributed by atoms with Gasteiger partial charge in [-0.2, -0.15) is 0 Å². The van der Waals surface area contributed by atoms with Gasteiger partial charge in [0.15, 0.2) is 0 Å². The molecular weight excluding hydrogens is 244 g/mol. The van der Waals surface area contributed by atoms with E-state index < -0.39 is 0 Å². The molecule has 2 nitrogen and oxygen atoms in total. The topological polar surface area (TPSA) is 38.0 Å². The van der Waals surface area contributed by atoms with Gasteiger partial charge in [0, 0.05) is 6.54 Å². The molecule has 0 spiro atoms. The molecule has 2 rings (SSSR count). The van der Waals surface area contributed by atoms with Crippen molar-refractivity contribution in [3.05, 3.63) is 57.6 Å². The first kappa shape index (κ1) is 14.4. The Kier molecular flexibility index (Phi) is 4.03. The van der Waals surface area contributed by atoms with Gasteiger partial charge in [0.2, 0.25) is 0 Å². The molecule has 0 amide bonds. The lowest BCUT2D eigenvalue weighted by Crippen LogP contribution is -2.07. The maximum atomic E-state index is 6.06. The number of aryl methyl sites for hydroxylation is 3. The Morgan fingerprint density at radius 3 is 2.05 bits per heavy atom. The first-order valence-corrected chi connectivity index (χ1v) is 7.06. The molecule has 20 heavy (non-hydrogen) atoms. The molecule has 0 saturated heterocycles. The van der Waals surface area contributed by atoms with Crippen LogP contribution in [0.3, 0.4) is 0 Å². The molecule has 0 atom stereocenters. The molecule has 0 unspecified atom stereocenters. The van der Waals surface area contributed by atoms with Crippen LogP contribution in [-0.4, -0.2) is 0 Å². The third kappa shape index (κ3) is 2.79. The zero-order chi connectivity index (χ0) is 14.9. The van der Waals surface area contributed by atoms with E-state index in [2.05, 4.69) is 58.1 Å². The number of nitrogens with one attached hydrogen (secondary N) is 1. The van der Waals surface area contributed by atoms with Gasteiger partial charge in [-0.15, -0.1) is 0 Å². The number of benzene rings is 2. The summed E-state index contributed by atoms with van der Waals surface area (Å²) in [4.78, 5) is 0. The molecule has 0 aliphatic heterocycles. The van der Waals surface area contributed by atoms with Gasteiger partial charge in [-0.25, -0.2) is 0 Å². The van der Waals surface area contributed by atoms with Gasteiger partial charge in [0.05, 0.1) is 11.4 Å². The molecule has 0 aliphatic carbocycles. The van der Waals surface area contributed by atoms with Crippen LogP contribution in [-0.2, 0) is 6.54 Å². The number of hydrogen-bond acceptors (Lipinski definition) is 2. The lowest BCUT2D eigenvalue weighted by atomic mass is 9.94. The van der Waals surface area contributed by atoms with E-state index in [0.29, 0.717) is 0 Å². The summed E-state index contributed by atoms with van der Waals surface area (Å²) < 4.78 is 0. The molecule has 106 valence electrons. The normalized spacial score (nSPS) is 10.7. The molecule has 0 fully saturated rings. The van der Waals surface area contributed by atoms with E-state index in [-0.39, 0.29) is 0 Å². The lowest BCUT2D eigenvalue weighted by Gasteiger charge is -2.17. The van der Waals surface area contributed by atoms with Crippen LogP contribution in [0.5, 0.6) is 0 Å². The van der Waals surface area contributed by atoms with Gasteiger partial charge in [-0.05, 0) is 80.1 Å². The van der Waals surface area contributed by atoms with Crippen molar-refractivity contribution in [2.24, 2.45) is 0 Å². The minimum absolute atomic E-state index is 0.810. The summed E-state index contributed by atoms with van der Waals surface area (Å²) in [5, 5.41) is 3.47. The summed E-state index contributed by atoms with van der Waals surface area (Å²) >= 11 is 0. The predicted octanol–water partition coefficient (Wildman–Crippen LogP) is 4.42. The van der Waals surface area contributed by atoms with Crippen LogP contribution in [0.4, 0.5) is 11.4 Å².